The van der Waals surface area contributed by atoms with Gasteiger partial charge in [0, 0.05) is 33.2 Å². The van der Waals surface area contributed by atoms with Gasteiger partial charge in [-0.15, -0.1) is 45.8 Å². The van der Waals surface area contributed by atoms with E-state index in [0.29, 0.717) is 12.1 Å². The highest BCUT2D eigenvalue weighted by Crippen LogP contribution is 2.47. The van der Waals surface area contributed by atoms with Gasteiger partial charge in [-0.2, -0.15) is 0 Å². The number of thioether (sulfide) groups is 1. The molecule has 502 valence electrons. The van der Waals surface area contributed by atoms with Crippen LogP contribution in [-0.2, 0) is 39.0 Å². The molecule has 0 spiro atoms. The number of aliphatic hydroxyl groups excluding tert-OH is 3. The van der Waals surface area contributed by atoms with Gasteiger partial charge in [-0.1, -0.05) is 45.1 Å². The number of aliphatic imine (C=N–C) groups is 2. The van der Waals surface area contributed by atoms with E-state index in [9.17, 15) is 63.6 Å². The molecular formula is C61H75N15O14S4. The molecule has 4 aromatic heterocycles. The highest BCUT2D eigenvalue weighted by molar-refractivity contribution is 8.14. The summed E-state index contributed by atoms with van der Waals surface area (Å²) in [6.45, 7) is 18.4. The second kappa shape index (κ2) is 28.9. The van der Waals surface area contributed by atoms with Crippen LogP contribution in [0.4, 0.5) is 0 Å². The van der Waals surface area contributed by atoms with Crippen molar-refractivity contribution in [3.63, 3.8) is 0 Å². The summed E-state index contributed by atoms with van der Waals surface area (Å²) in [5.74, 6) is -7.68. The Bertz CT molecular complexity index is 3820. The number of cyclic esters (lactones) is 1. The topological polar surface area (TPSA) is 428 Å². The maximum absolute atomic E-state index is 14.9. The normalized spacial score (nSPS) is 29.2. The summed E-state index contributed by atoms with van der Waals surface area (Å²) >= 11 is 4.00. The highest BCUT2D eigenvalue weighted by Gasteiger charge is 2.50. The van der Waals surface area contributed by atoms with E-state index in [1.54, 1.807) is 44.4 Å². The molecule has 0 saturated carbocycles. The molecule has 1 unspecified atom stereocenters. The molecule has 4 aromatic rings. The third-order valence-electron chi connectivity index (χ3n) is 17.0. The summed E-state index contributed by atoms with van der Waals surface area (Å²) < 4.78 is 6.20. The summed E-state index contributed by atoms with van der Waals surface area (Å²) in [4.78, 5) is 157. The van der Waals surface area contributed by atoms with Crippen LogP contribution in [0, 0.1) is 5.92 Å². The zero-order chi connectivity index (χ0) is 68.4. The number of esters is 1. The zero-order valence-corrected chi connectivity index (χ0v) is 56.2. The average Bonchev–Trinajstić information content (AvgIpc) is 1.39. The smallest absolute Gasteiger partial charge is 0.357 e. The Hall–Kier alpha value is -8.02. The van der Waals surface area contributed by atoms with E-state index in [-0.39, 0.29) is 84.0 Å². The van der Waals surface area contributed by atoms with Gasteiger partial charge in [-0.25, -0.2) is 24.7 Å². The number of amides is 8. The Morgan fingerprint density at radius 3 is 2.22 bits per heavy atom. The number of aliphatic hydroxyl groups is 4. The van der Waals surface area contributed by atoms with Gasteiger partial charge in [0.05, 0.1) is 53.6 Å². The minimum absolute atomic E-state index is 0.00888. The highest BCUT2D eigenvalue weighted by atomic mass is 32.2. The number of aromatic nitrogens is 4. The van der Waals surface area contributed by atoms with Crippen molar-refractivity contribution >= 4 is 116 Å². The number of hydrogen-bond donors (Lipinski definition) is 13. The van der Waals surface area contributed by atoms with Crippen LogP contribution in [0.5, 0.6) is 0 Å². The molecular weight excluding hydrogens is 1300 g/mol. The number of carbonyl (C=O) groups excluding carboxylic acids is 9. The molecule has 8 heterocycles. The lowest BCUT2D eigenvalue weighted by Crippen LogP contribution is -2.57. The van der Waals surface area contributed by atoms with Gasteiger partial charge in [-0.05, 0) is 85.8 Å². The predicted molar refractivity (Wildman–Crippen MR) is 349 cm³/mol. The van der Waals surface area contributed by atoms with E-state index in [1.807, 2.05) is 6.92 Å². The van der Waals surface area contributed by atoms with Crippen LogP contribution in [0.25, 0.3) is 6.08 Å². The van der Waals surface area contributed by atoms with Crippen molar-refractivity contribution in [2.75, 3.05) is 12.3 Å². The number of nitrogens with one attached hydrogen (secondary N) is 9. The Labute approximate surface area is 556 Å². The molecule has 13 bridgehead atoms. The minimum Gasteiger partial charge on any atom is -0.455 e. The lowest BCUT2D eigenvalue weighted by molar-refractivity contribution is -0.131. The van der Waals surface area contributed by atoms with E-state index in [2.05, 4.69) is 69.4 Å². The molecule has 4 aliphatic heterocycles. The van der Waals surface area contributed by atoms with E-state index in [1.165, 1.54) is 58.4 Å². The molecule has 9 rings (SSSR count). The van der Waals surface area contributed by atoms with Crippen molar-refractivity contribution in [1.82, 2.24) is 67.8 Å². The van der Waals surface area contributed by atoms with Gasteiger partial charge in [0.1, 0.15) is 96.7 Å². The van der Waals surface area contributed by atoms with Gasteiger partial charge in [0.15, 0.2) is 0 Å². The fourth-order valence-corrected chi connectivity index (χ4v) is 14.9. The number of thiazole rings is 3. The van der Waals surface area contributed by atoms with Gasteiger partial charge in [0.25, 0.3) is 17.7 Å². The van der Waals surface area contributed by atoms with Crippen LogP contribution in [0.2, 0.25) is 0 Å². The lowest BCUT2D eigenvalue weighted by Gasteiger charge is -2.41. The van der Waals surface area contributed by atoms with Crippen molar-refractivity contribution in [2.45, 2.75) is 172 Å². The fourth-order valence-electron chi connectivity index (χ4n) is 10.9. The minimum atomic E-state index is -2.11. The number of rotatable bonds is 5. The molecule has 0 aromatic carbocycles. The van der Waals surface area contributed by atoms with Crippen LogP contribution in [-0.4, -0.2) is 165 Å². The standard InChI is InChI=1S/C61H75N15O14S4/c1-12-24(3)42-54(87)66-27(6)49(82)64-26(5)48(81)65-28(7)50(83)76-61-17-16-25(4)63-46(61)37-20-92-56(70-37)43(30(9)90-58(88)36-18-33(29(8)77)32-14-15-35(68-42)45(80)44(32)69-36)74-52(85)39-22-93-57(72-39)47(60(11,89)31(10)78)75-53(86)40-21-91-55(71-40)34(13-2)67-41(79)19-62-51(84)38-23-94-59(61)73-38/h13-15,18,20,22-24,27-31,35,40,42-43,45-47,68,77-78,80,89H,5,12,16-17,19,21H2,1-4,6-11H3,(H,62,84)(H,64,82)(H,65,81)(H,66,87)(H,67,79)(H,74,85)(H,75,86)(H,76,83)/t24?,27-,28-,29-,30+,31+,35+,40+,42-,43-,45-,46-,47+,60-,61+/m0/s1. The SMILES string of the molecule is C=C1NC(=O)[C@H](C)NC(=O)[C@H](C(C)CC)N[C@@H]2C=Cc3c([C@H](C)O)cc(nc3[C@H]2O)C(=O)O[C@H](C)[C@@H]2NC(=O)c3csc(n3)[C@H]([C@@](C)(O)[C@@H](C)O)NC(=O)[C@H]3CSC(=N3)C(=CC)NC(=O)CNC(=O)c3csc(n3)[C@]3(CCC(C)=N[C@H]3c3csc2n3)NC(=O)[C@H](C)NC1=O. The van der Waals surface area contributed by atoms with Gasteiger partial charge in [-0.3, -0.25) is 53.7 Å². The van der Waals surface area contributed by atoms with E-state index >= 15 is 0 Å². The number of hydrogen-bond acceptors (Lipinski definition) is 25. The first kappa shape index (κ1) is 70.3. The van der Waals surface area contributed by atoms with E-state index in [4.69, 9.17) is 19.7 Å². The van der Waals surface area contributed by atoms with E-state index in [0.717, 1.165) is 45.8 Å². The first-order valence-electron chi connectivity index (χ1n) is 30.3. The number of pyridine rings is 1. The predicted octanol–water partition coefficient (Wildman–Crippen LogP) is 2.18. The summed E-state index contributed by atoms with van der Waals surface area (Å²) in [5, 5.41) is 75.9. The summed E-state index contributed by atoms with van der Waals surface area (Å²) in [6, 6.07) is -8.55. The molecule has 5 aliphatic rings. The number of allylic oxidation sites excluding steroid dienone is 1. The van der Waals surface area contributed by atoms with Crippen LogP contribution < -0.4 is 47.9 Å². The first-order valence-corrected chi connectivity index (χ1v) is 33.9. The molecule has 15 atom stereocenters. The number of nitrogens with zero attached hydrogens (tertiary/aromatic N) is 6. The molecule has 33 heteroatoms. The van der Waals surface area contributed by atoms with Gasteiger partial charge in [0.2, 0.25) is 29.5 Å². The lowest BCUT2D eigenvalue weighted by atomic mass is 9.80. The van der Waals surface area contributed by atoms with E-state index < -0.39 is 155 Å². The molecule has 0 saturated heterocycles. The van der Waals surface area contributed by atoms with Crippen molar-refractivity contribution in [2.24, 2.45) is 15.9 Å². The maximum Gasteiger partial charge on any atom is 0.357 e. The van der Waals surface area contributed by atoms with Crippen molar-refractivity contribution in [3.05, 3.63) is 107 Å². The second-order valence-corrected chi connectivity index (χ2v) is 27.5. The van der Waals surface area contributed by atoms with Gasteiger partial charge < -0.3 is 67.7 Å². The average molecular weight is 1370 g/mol. The van der Waals surface area contributed by atoms with Crippen molar-refractivity contribution in [3.8, 4) is 0 Å². The second-order valence-electron chi connectivity index (χ2n) is 23.9. The molecule has 94 heavy (non-hydrogen) atoms. The largest absolute Gasteiger partial charge is 0.455 e. The number of ether oxygens (including phenoxy) is 1. The monoisotopic (exact) mass is 1370 g/mol. The maximum atomic E-state index is 14.9. The quantitative estimate of drug-likeness (QED) is 0.101. The summed E-state index contributed by atoms with van der Waals surface area (Å²) in [5.41, 5.74) is -3.66. The van der Waals surface area contributed by atoms with Crippen molar-refractivity contribution < 1.29 is 68.3 Å². The third kappa shape index (κ3) is 14.9. The van der Waals surface area contributed by atoms with Gasteiger partial charge >= 0.3 is 5.97 Å². The molecule has 0 fully saturated rings. The Balaban J connectivity index is 1.19. The Morgan fingerprint density at radius 1 is 0.819 bits per heavy atom. The Morgan fingerprint density at radius 2 is 1.52 bits per heavy atom. The molecule has 13 N–H and O–H groups in total. The molecule has 8 amide bonds. The molecule has 0 radical (unpaired) electrons. The number of fused-ring (bicyclic) bond motifs is 7. The first-order chi connectivity index (χ1) is 44.4. The summed E-state index contributed by atoms with van der Waals surface area (Å²) in [7, 11) is 0. The summed E-state index contributed by atoms with van der Waals surface area (Å²) in [6.07, 6.45) is -0.173. The van der Waals surface area contributed by atoms with Crippen LogP contribution >= 0.6 is 45.8 Å². The van der Waals surface area contributed by atoms with Crippen LogP contribution in [0.3, 0.4) is 0 Å². The molecule has 1 aliphatic carbocycles. The van der Waals surface area contributed by atoms with Crippen LogP contribution in [0.15, 0.2) is 62.3 Å². The zero-order valence-electron chi connectivity index (χ0n) is 53.0. The third-order valence-corrected chi connectivity index (χ3v) is 20.9. The van der Waals surface area contributed by atoms with Crippen LogP contribution in [0.1, 0.15) is 188 Å². The number of carbonyl (C=O) groups is 9. The molecule has 29 nitrogen and oxygen atoms in total. The fraction of sp³-hybridized carbons (Fsp3) is 0.492. The Kier molecular flexibility index (Phi) is 21.6. The van der Waals surface area contributed by atoms with Crippen molar-refractivity contribution in [1.29, 1.82) is 0 Å².